The Morgan fingerprint density at radius 1 is 0.571 bits per heavy atom. The summed E-state index contributed by atoms with van der Waals surface area (Å²) in [6.07, 6.45) is -4.71. The lowest BCUT2D eigenvalue weighted by molar-refractivity contribution is -0.332. The molecule has 170 valence electrons. The zero-order chi connectivity index (χ0) is 22.3. The molecule has 0 N–H and O–H groups in total. The van der Waals surface area contributed by atoms with Gasteiger partial charge in [0.05, 0.1) is 12.8 Å². The molecule has 0 saturated heterocycles. The number of hydrogen-bond donors (Lipinski definition) is 0. The topological polar surface area (TPSA) is 18.5 Å². The molecular weight excluding hydrogens is 414 g/mol. The molecule has 0 saturated carbocycles. The maximum atomic E-state index is 13.6. The van der Waals surface area contributed by atoms with Crippen LogP contribution in [0, 0.1) is 0 Å². The molecule has 0 aliphatic rings. The SMILES string of the molecule is CCCCOCC(F)(F)CC(F)(F)CC(F)(F)C(F)(F)C(F)(F)COCCC. The highest BCUT2D eigenvalue weighted by Gasteiger charge is 2.73. The van der Waals surface area contributed by atoms with E-state index in [9.17, 15) is 43.9 Å². The molecule has 0 atom stereocenters. The van der Waals surface area contributed by atoms with E-state index in [4.69, 9.17) is 0 Å². The molecule has 2 nitrogen and oxygen atoms in total. The summed E-state index contributed by atoms with van der Waals surface area (Å²) in [5, 5.41) is 0. The Kier molecular flexibility index (Phi) is 10.0. The van der Waals surface area contributed by atoms with Crippen LogP contribution in [0.4, 0.5) is 43.9 Å². The molecule has 0 aliphatic carbocycles. The van der Waals surface area contributed by atoms with E-state index < -0.39 is 62.3 Å². The van der Waals surface area contributed by atoms with Gasteiger partial charge in [-0.05, 0) is 12.8 Å². The highest BCUT2D eigenvalue weighted by atomic mass is 19.3. The fourth-order valence-corrected chi connectivity index (χ4v) is 2.10. The lowest BCUT2D eigenvalue weighted by Gasteiger charge is -2.35. The van der Waals surface area contributed by atoms with Gasteiger partial charge in [0.15, 0.2) is 0 Å². The second-order valence-corrected chi connectivity index (χ2v) is 6.51. The summed E-state index contributed by atoms with van der Waals surface area (Å²) < 4.78 is 144. The van der Waals surface area contributed by atoms with Gasteiger partial charge < -0.3 is 9.47 Å². The quantitative estimate of drug-likeness (QED) is 0.224. The van der Waals surface area contributed by atoms with Crippen molar-refractivity contribution in [2.45, 2.75) is 75.6 Å². The van der Waals surface area contributed by atoms with E-state index >= 15 is 0 Å². The van der Waals surface area contributed by atoms with Gasteiger partial charge >= 0.3 is 17.8 Å². The molecule has 0 aromatic carbocycles. The van der Waals surface area contributed by atoms with Crippen molar-refractivity contribution < 1.29 is 53.4 Å². The van der Waals surface area contributed by atoms with Gasteiger partial charge in [-0.2, -0.15) is 26.3 Å². The molecule has 0 amide bonds. The van der Waals surface area contributed by atoms with Crippen LogP contribution in [0.25, 0.3) is 0 Å². The minimum absolute atomic E-state index is 0.117. The van der Waals surface area contributed by atoms with Gasteiger partial charge in [-0.3, -0.25) is 0 Å². The number of unbranched alkanes of at least 4 members (excludes halogenated alkanes) is 1. The van der Waals surface area contributed by atoms with Crippen LogP contribution in [0.1, 0.15) is 46.0 Å². The first-order valence-electron chi connectivity index (χ1n) is 8.58. The second kappa shape index (κ2) is 10.3. The molecule has 12 heteroatoms. The lowest BCUT2D eigenvalue weighted by Crippen LogP contribution is -2.58. The molecule has 0 aromatic rings. The number of halogens is 10. The van der Waals surface area contributed by atoms with Crippen molar-refractivity contribution >= 4 is 0 Å². The van der Waals surface area contributed by atoms with Gasteiger partial charge in [-0.15, -0.1) is 0 Å². The zero-order valence-corrected chi connectivity index (χ0v) is 15.5. The largest absolute Gasteiger partial charge is 0.375 e. The van der Waals surface area contributed by atoms with Crippen LogP contribution < -0.4 is 0 Å². The molecule has 0 fully saturated rings. The molecule has 0 unspecified atom stereocenters. The van der Waals surface area contributed by atoms with E-state index in [0.29, 0.717) is 12.8 Å². The molecular formula is C16H24F10O2. The highest BCUT2D eigenvalue weighted by molar-refractivity contribution is 4.99. The first kappa shape index (κ1) is 27.2. The van der Waals surface area contributed by atoms with Gasteiger partial charge in [0.1, 0.15) is 13.2 Å². The maximum absolute atomic E-state index is 13.6. The zero-order valence-electron chi connectivity index (χ0n) is 15.5. The highest BCUT2D eigenvalue weighted by Crippen LogP contribution is 2.51. The third kappa shape index (κ3) is 8.30. The van der Waals surface area contributed by atoms with Crippen molar-refractivity contribution in [3.63, 3.8) is 0 Å². The van der Waals surface area contributed by atoms with E-state index in [1.807, 2.05) is 0 Å². The number of hydrogen-bond acceptors (Lipinski definition) is 2. The van der Waals surface area contributed by atoms with Gasteiger partial charge in [0.2, 0.25) is 0 Å². The van der Waals surface area contributed by atoms with E-state index in [-0.39, 0.29) is 13.0 Å². The molecule has 0 aliphatic heterocycles. The Bertz CT molecular complexity index is 455. The van der Waals surface area contributed by atoms with Gasteiger partial charge in [0.25, 0.3) is 11.8 Å². The van der Waals surface area contributed by atoms with Crippen molar-refractivity contribution in [2.75, 3.05) is 26.4 Å². The van der Waals surface area contributed by atoms with E-state index in [1.165, 1.54) is 6.92 Å². The van der Waals surface area contributed by atoms with E-state index in [1.54, 1.807) is 6.92 Å². The Hall–Kier alpha value is -0.780. The third-order valence-electron chi connectivity index (χ3n) is 3.50. The third-order valence-corrected chi connectivity index (χ3v) is 3.50. The average molecular weight is 438 g/mol. The molecule has 0 heterocycles. The molecule has 0 aromatic heterocycles. The minimum atomic E-state index is -6.23. The maximum Gasteiger partial charge on any atom is 0.374 e. The summed E-state index contributed by atoms with van der Waals surface area (Å²) in [7, 11) is 0. The summed E-state index contributed by atoms with van der Waals surface area (Å²) >= 11 is 0. The molecule has 0 radical (unpaired) electrons. The van der Waals surface area contributed by atoms with Gasteiger partial charge in [-0.25, -0.2) is 17.6 Å². The van der Waals surface area contributed by atoms with Crippen LogP contribution in [0.2, 0.25) is 0 Å². The van der Waals surface area contributed by atoms with Crippen LogP contribution in [0.15, 0.2) is 0 Å². The van der Waals surface area contributed by atoms with Crippen LogP contribution in [0.3, 0.4) is 0 Å². The number of ether oxygens (including phenoxy) is 2. The summed E-state index contributed by atoms with van der Waals surface area (Å²) in [4.78, 5) is 0. The van der Waals surface area contributed by atoms with Gasteiger partial charge in [0, 0.05) is 13.2 Å². The monoisotopic (exact) mass is 438 g/mol. The standard InChI is InChI=1S/C16H24F10O2/c1-3-5-7-28-10-13(19,20)8-12(17,18)9-14(21,22)16(25,26)15(23,24)11-27-6-4-2/h3-11H2,1-2H3. The first-order chi connectivity index (χ1) is 12.5. The van der Waals surface area contributed by atoms with E-state index in [0.717, 1.165) is 0 Å². The number of alkyl halides is 10. The average Bonchev–Trinajstić information content (AvgIpc) is 2.49. The lowest BCUT2D eigenvalue weighted by atomic mass is 9.96. The first-order valence-corrected chi connectivity index (χ1v) is 8.58. The molecule has 0 spiro atoms. The van der Waals surface area contributed by atoms with Crippen LogP contribution in [-0.2, 0) is 9.47 Å². The second-order valence-electron chi connectivity index (χ2n) is 6.51. The minimum Gasteiger partial charge on any atom is -0.375 e. The Morgan fingerprint density at radius 2 is 1.11 bits per heavy atom. The summed E-state index contributed by atoms with van der Waals surface area (Å²) in [6, 6.07) is 0. The number of rotatable bonds is 15. The van der Waals surface area contributed by atoms with Crippen molar-refractivity contribution in [3.05, 3.63) is 0 Å². The molecule has 0 rings (SSSR count). The molecule has 0 bridgehead atoms. The Labute approximate surface area is 156 Å². The van der Waals surface area contributed by atoms with Crippen LogP contribution in [-0.4, -0.2) is 56.0 Å². The summed E-state index contributed by atoms with van der Waals surface area (Å²) in [5.74, 6) is -27.0. The van der Waals surface area contributed by atoms with Crippen molar-refractivity contribution in [1.82, 2.24) is 0 Å². The predicted molar refractivity (Wildman–Crippen MR) is 80.8 cm³/mol. The predicted octanol–water partition coefficient (Wildman–Crippen LogP) is 6.19. The van der Waals surface area contributed by atoms with E-state index in [2.05, 4.69) is 9.47 Å². The van der Waals surface area contributed by atoms with Crippen LogP contribution in [0.5, 0.6) is 0 Å². The van der Waals surface area contributed by atoms with Crippen molar-refractivity contribution in [3.8, 4) is 0 Å². The van der Waals surface area contributed by atoms with Crippen molar-refractivity contribution in [1.29, 1.82) is 0 Å². The normalized spacial score (nSPS) is 14.6. The van der Waals surface area contributed by atoms with Crippen molar-refractivity contribution in [2.24, 2.45) is 0 Å². The summed E-state index contributed by atoms with van der Waals surface area (Å²) in [5.41, 5.74) is 0. The smallest absolute Gasteiger partial charge is 0.374 e. The van der Waals surface area contributed by atoms with Crippen LogP contribution >= 0.6 is 0 Å². The molecule has 28 heavy (non-hydrogen) atoms. The van der Waals surface area contributed by atoms with Gasteiger partial charge in [-0.1, -0.05) is 20.3 Å². The fraction of sp³-hybridized carbons (Fsp3) is 1.00. The summed E-state index contributed by atoms with van der Waals surface area (Å²) in [6.45, 7) is -1.19. The Morgan fingerprint density at radius 3 is 1.61 bits per heavy atom. The fourth-order valence-electron chi connectivity index (χ4n) is 2.10. The Balaban J connectivity index is 5.10.